The Hall–Kier alpha value is -2.03. The Morgan fingerprint density at radius 2 is 2.24 bits per heavy atom. The lowest BCUT2D eigenvalue weighted by Crippen LogP contribution is -2.44. The minimum atomic E-state index is 0.522. The van der Waals surface area contributed by atoms with Crippen LogP contribution in [-0.2, 0) is 7.05 Å². The zero-order chi connectivity index (χ0) is 17.6. The molecule has 0 saturated heterocycles. The van der Waals surface area contributed by atoms with Crippen molar-refractivity contribution < 1.29 is 0 Å². The number of guanidine groups is 1. The van der Waals surface area contributed by atoms with E-state index < -0.39 is 0 Å². The van der Waals surface area contributed by atoms with Crippen LogP contribution in [0.3, 0.4) is 0 Å². The van der Waals surface area contributed by atoms with E-state index in [0.29, 0.717) is 6.04 Å². The molecule has 3 rings (SSSR count). The third-order valence-corrected chi connectivity index (χ3v) is 5.62. The summed E-state index contributed by atoms with van der Waals surface area (Å²) >= 11 is 1.96. The molecular weight excluding hydrogens is 336 g/mol. The van der Waals surface area contributed by atoms with Crippen molar-refractivity contribution in [3.63, 3.8) is 0 Å². The van der Waals surface area contributed by atoms with Crippen LogP contribution in [0.4, 0.5) is 5.82 Å². The van der Waals surface area contributed by atoms with Crippen LogP contribution in [0.25, 0.3) is 11.0 Å². The van der Waals surface area contributed by atoms with E-state index in [2.05, 4.69) is 42.3 Å². The Balaban J connectivity index is 1.45. The summed E-state index contributed by atoms with van der Waals surface area (Å²) in [5.74, 6) is 1.67. The molecule has 0 amide bonds. The summed E-state index contributed by atoms with van der Waals surface area (Å²) in [6, 6.07) is 0.522. The van der Waals surface area contributed by atoms with Gasteiger partial charge in [-0.05, 0) is 25.5 Å². The average Bonchev–Trinajstić information content (AvgIpc) is 3.25. The van der Waals surface area contributed by atoms with Gasteiger partial charge in [0.1, 0.15) is 12.1 Å². The Kier molecular flexibility index (Phi) is 5.95. The maximum Gasteiger partial charge on any atom is 0.191 e. The van der Waals surface area contributed by atoms with Crippen LogP contribution in [0, 0.1) is 0 Å². The lowest BCUT2D eigenvalue weighted by Gasteiger charge is -2.17. The number of hydrogen-bond donors (Lipinski definition) is 3. The number of aryl methyl sites for hydroxylation is 1. The Labute approximate surface area is 152 Å². The van der Waals surface area contributed by atoms with Gasteiger partial charge in [-0.2, -0.15) is 16.9 Å². The first-order valence-electron chi connectivity index (χ1n) is 8.57. The third kappa shape index (κ3) is 4.33. The second kappa shape index (κ2) is 8.37. The minimum absolute atomic E-state index is 0.522. The van der Waals surface area contributed by atoms with E-state index in [0.717, 1.165) is 41.2 Å². The Bertz CT molecular complexity index is 728. The number of anilines is 1. The van der Waals surface area contributed by atoms with Crippen LogP contribution in [0.15, 0.2) is 17.5 Å². The van der Waals surface area contributed by atoms with Crippen molar-refractivity contribution in [2.75, 3.05) is 31.7 Å². The molecule has 2 atom stereocenters. The average molecular weight is 363 g/mol. The van der Waals surface area contributed by atoms with Crippen molar-refractivity contribution in [2.24, 2.45) is 12.0 Å². The molecule has 3 N–H and O–H groups in total. The summed E-state index contributed by atoms with van der Waals surface area (Å²) in [5.41, 5.74) is 0.826. The molecule has 2 unspecified atom stereocenters. The second-order valence-corrected chi connectivity index (χ2v) is 7.30. The fourth-order valence-corrected chi connectivity index (χ4v) is 3.93. The highest BCUT2D eigenvalue weighted by molar-refractivity contribution is 7.99. The number of fused-ring (bicyclic) bond motifs is 1. The summed E-state index contributed by atoms with van der Waals surface area (Å²) in [7, 11) is 3.69. The zero-order valence-electron chi connectivity index (χ0n) is 15.0. The number of aliphatic imine (C=N–C) groups is 1. The second-order valence-electron chi connectivity index (χ2n) is 6.17. The van der Waals surface area contributed by atoms with Crippen molar-refractivity contribution in [1.82, 2.24) is 30.4 Å². The fraction of sp³-hybridized carbons (Fsp3) is 0.625. The van der Waals surface area contributed by atoms with Crippen LogP contribution < -0.4 is 16.0 Å². The summed E-state index contributed by atoms with van der Waals surface area (Å²) in [5, 5.41) is 16.1. The highest BCUT2D eigenvalue weighted by atomic mass is 32.2. The molecule has 25 heavy (non-hydrogen) atoms. The molecule has 0 bridgehead atoms. The number of nitrogens with zero attached hydrogens (tertiary/aromatic N) is 5. The molecule has 1 aliphatic rings. The van der Waals surface area contributed by atoms with Gasteiger partial charge in [0, 0.05) is 38.5 Å². The minimum Gasteiger partial charge on any atom is -0.368 e. The summed E-state index contributed by atoms with van der Waals surface area (Å²) < 4.78 is 1.75. The van der Waals surface area contributed by atoms with Crippen LogP contribution in [0.5, 0.6) is 0 Å². The molecule has 2 heterocycles. The largest absolute Gasteiger partial charge is 0.368 e. The first-order valence-corrected chi connectivity index (χ1v) is 9.86. The standard InChI is InChI=1S/C16H26N8S/c1-17-16(23-11-4-5-12(8-11)25-3)19-7-6-18-14-13-9-22-24(2)15(13)21-10-20-14/h9-12H,4-8H2,1-3H3,(H2,17,19,23)(H,18,20,21). The SMILES string of the molecule is CN=C(NCCNc1ncnc2c1cnn2C)NC1CCC(SC)C1. The van der Waals surface area contributed by atoms with E-state index in [1.807, 2.05) is 25.9 Å². The monoisotopic (exact) mass is 362 g/mol. The Morgan fingerprint density at radius 3 is 3.00 bits per heavy atom. The highest BCUT2D eigenvalue weighted by Gasteiger charge is 2.24. The molecule has 0 aliphatic heterocycles. The molecule has 2 aromatic rings. The third-order valence-electron chi connectivity index (χ3n) is 4.52. The first kappa shape index (κ1) is 17.8. The summed E-state index contributed by atoms with van der Waals surface area (Å²) in [6.45, 7) is 1.49. The molecule has 2 aromatic heterocycles. The highest BCUT2D eigenvalue weighted by Crippen LogP contribution is 2.27. The molecule has 136 valence electrons. The topological polar surface area (TPSA) is 92.1 Å². The molecular formula is C16H26N8S. The van der Waals surface area contributed by atoms with E-state index in [-0.39, 0.29) is 0 Å². The van der Waals surface area contributed by atoms with Gasteiger partial charge >= 0.3 is 0 Å². The quantitative estimate of drug-likeness (QED) is 0.404. The number of thioether (sulfide) groups is 1. The van der Waals surface area contributed by atoms with Crippen LogP contribution in [0.1, 0.15) is 19.3 Å². The van der Waals surface area contributed by atoms with Gasteiger partial charge in [0.05, 0.1) is 11.6 Å². The lowest BCUT2D eigenvalue weighted by molar-refractivity contribution is 0.616. The zero-order valence-corrected chi connectivity index (χ0v) is 15.8. The first-order chi connectivity index (χ1) is 12.2. The van der Waals surface area contributed by atoms with Crippen molar-refractivity contribution >= 4 is 34.6 Å². The van der Waals surface area contributed by atoms with E-state index in [1.54, 1.807) is 17.2 Å². The van der Waals surface area contributed by atoms with Gasteiger partial charge < -0.3 is 16.0 Å². The fourth-order valence-electron chi connectivity index (χ4n) is 3.14. The molecule has 0 spiro atoms. The number of nitrogens with one attached hydrogen (secondary N) is 3. The van der Waals surface area contributed by atoms with Crippen LogP contribution >= 0.6 is 11.8 Å². The molecule has 8 nitrogen and oxygen atoms in total. The van der Waals surface area contributed by atoms with Gasteiger partial charge in [0.15, 0.2) is 11.6 Å². The van der Waals surface area contributed by atoms with E-state index in [9.17, 15) is 0 Å². The molecule has 1 fully saturated rings. The maximum absolute atomic E-state index is 4.32. The van der Waals surface area contributed by atoms with Crippen molar-refractivity contribution in [2.45, 2.75) is 30.6 Å². The van der Waals surface area contributed by atoms with Crippen molar-refractivity contribution in [3.8, 4) is 0 Å². The smallest absolute Gasteiger partial charge is 0.191 e. The molecule has 1 saturated carbocycles. The predicted molar refractivity (Wildman–Crippen MR) is 104 cm³/mol. The number of aromatic nitrogens is 4. The van der Waals surface area contributed by atoms with Crippen molar-refractivity contribution in [1.29, 1.82) is 0 Å². The lowest BCUT2D eigenvalue weighted by atomic mass is 10.2. The van der Waals surface area contributed by atoms with Gasteiger partial charge in [0.2, 0.25) is 0 Å². The number of rotatable bonds is 6. The number of hydrogen-bond acceptors (Lipinski definition) is 6. The van der Waals surface area contributed by atoms with Gasteiger partial charge in [-0.25, -0.2) is 9.97 Å². The van der Waals surface area contributed by atoms with E-state index in [4.69, 9.17) is 0 Å². The van der Waals surface area contributed by atoms with Crippen molar-refractivity contribution in [3.05, 3.63) is 12.5 Å². The predicted octanol–water partition coefficient (Wildman–Crippen LogP) is 1.22. The summed E-state index contributed by atoms with van der Waals surface area (Å²) in [6.07, 6.45) is 9.24. The van der Waals surface area contributed by atoms with Gasteiger partial charge in [-0.3, -0.25) is 9.67 Å². The Morgan fingerprint density at radius 1 is 1.36 bits per heavy atom. The van der Waals surface area contributed by atoms with E-state index >= 15 is 0 Å². The van der Waals surface area contributed by atoms with Gasteiger partial charge in [0.25, 0.3) is 0 Å². The molecule has 9 heteroatoms. The molecule has 1 aliphatic carbocycles. The van der Waals surface area contributed by atoms with Crippen LogP contribution in [0.2, 0.25) is 0 Å². The van der Waals surface area contributed by atoms with Gasteiger partial charge in [-0.1, -0.05) is 0 Å². The van der Waals surface area contributed by atoms with E-state index in [1.165, 1.54) is 19.3 Å². The normalized spacial score (nSPS) is 20.8. The van der Waals surface area contributed by atoms with Gasteiger partial charge in [-0.15, -0.1) is 0 Å². The summed E-state index contributed by atoms with van der Waals surface area (Å²) in [4.78, 5) is 12.9. The maximum atomic E-state index is 4.32. The van der Waals surface area contributed by atoms with Crippen LogP contribution in [-0.4, -0.2) is 63.4 Å². The molecule has 0 aromatic carbocycles. The molecule has 0 radical (unpaired) electrons.